The van der Waals surface area contributed by atoms with E-state index in [1.54, 1.807) is 18.0 Å². The van der Waals surface area contributed by atoms with Gasteiger partial charge in [0.1, 0.15) is 5.82 Å². The third-order valence-corrected chi connectivity index (χ3v) is 5.45. The molecule has 0 radical (unpaired) electrons. The summed E-state index contributed by atoms with van der Waals surface area (Å²) in [6, 6.07) is 6.13. The molecular formula is C19H25FN2O2. The number of hydrogen-bond donors (Lipinski definition) is 0. The molecule has 2 aliphatic heterocycles. The molecule has 0 unspecified atom stereocenters. The minimum Gasteiger partial charge on any atom is -0.340 e. The van der Waals surface area contributed by atoms with Crippen molar-refractivity contribution >= 4 is 11.8 Å². The monoisotopic (exact) mass is 332 g/mol. The van der Waals surface area contributed by atoms with E-state index in [2.05, 4.69) is 6.92 Å². The van der Waals surface area contributed by atoms with Crippen LogP contribution in [0, 0.1) is 11.7 Å². The molecule has 0 spiro atoms. The second kappa shape index (κ2) is 6.91. The van der Waals surface area contributed by atoms with Crippen molar-refractivity contribution in [3.8, 4) is 0 Å². The van der Waals surface area contributed by atoms with Crippen LogP contribution in [-0.4, -0.2) is 41.2 Å². The van der Waals surface area contributed by atoms with Gasteiger partial charge in [0, 0.05) is 26.1 Å². The fourth-order valence-corrected chi connectivity index (χ4v) is 4.08. The standard InChI is InChI=1S/C19H25FN2O2/c1-13-6-3-4-11-22(13)19(24)16-9-10-17(23)21(2)18(16)14-7-5-8-15(20)12-14/h5,7-8,12-13,16,18H,3-4,6,9-11H2,1-2H3/t13-,16+,18-/m1/s1. The average Bonchev–Trinajstić information content (AvgIpc) is 2.57. The van der Waals surface area contributed by atoms with E-state index in [9.17, 15) is 14.0 Å². The zero-order valence-corrected chi connectivity index (χ0v) is 14.4. The van der Waals surface area contributed by atoms with Crippen molar-refractivity contribution in [2.24, 2.45) is 5.92 Å². The van der Waals surface area contributed by atoms with Gasteiger partial charge in [0.2, 0.25) is 11.8 Å². The van der Waals surface area contributed by atoms with E-state index in [1.165, 1.54) is 12.1 Å². The van der Waals surface area contributed by atoms with Crippen LogP contribution < -0.4 is 0 Å². The van der Waals surface area contributed by atoms with Crippen molar-refractivity contribution in [2.75, 3.05) is 13.6 Å². The molecular weight excluding hydrogens is 307 g/mol. The first kappa shape index (κ1) is 16.9. The highest BCUT2D eigenvalue weighted by Crippen LogP contribution is 2.38. The maximum Gasteiger partial charge on any atom is 0.228 e. The van der Waals surface area contributed by atoms with E-state index >= 15 is 0 Å². The minimum absolute atomic E-state index is 0.0139. The molecule has 3 rings (SSSR count). The molecule has 0 saturated carbocycles. The normalized spacial score (nSPS) is 28.1. The van der Waals surface area contributed by atoms with Gasteiger partial charge in [-0.3, -0.25) is 9.59 Å². The van der Waals surface area contributed by atoms with Gasteiger partial charge in [-0.1, -0.05) is 12.1 Å². The Balaban J connectivity index is 1.91. The van der Waals surface area contributed by atoms with Crippen LogP contribution in [0.1, 0.15) is 50.6 Å². The zero-order valence-electron chi connectivity index (χ0n) is 14.4. The van der Waals surface area contributed by atoms with Crippen LogP contribution in [0.5, 0.6) is 0 Å². The number of piperidine rings is 2. The van der Waals surface area contributed by atoms with E-state index in [0.29, 0.717) is 18.4 Å². The van der Waals surface area contributed by atoms with Crippen LogP contribution in [0.15, 0.2) is 24.3 Å². The van der Waals surface area contributed by atoms with Gasteiger partial charge in [-0.15, -0.1) is 0 Å². The molecule has 0 N–H and O–H groups in total. The first-order valence-corrected chi connectivity index (χ1v) is 8.80. The third kappa shape index (κ3) is 3.17. The first-order chi connectivity index (χ1) is 11.5. The van der Waals surface area contributed by atoms with Crippen LogP contribution in [-0.2, 0) is 9.59 Å². The number of amides is 2. The summed E-state index contributed by atoms with van der Waals surface area (Å²) in [5.41, 5.74) is 0.702. The number of nitrogens with zero attached hydrogens (tertiary/aromatic N) is 2. The van der Waals surface area contributed by atoms with Gasteiger partial charge in [-0.25, -0.2) is 4.39 Å². The van der Waals surface area contributed by atoms with Gasteiger partial charge in [0.15, 0.2) is 0 Å². The van der Waals surface area contributed by atoms with E-state index in [1.807, 2.05) is 11.0 Å². The molecule has 2 heterocycles. The van der Waals surface area contributed by atoms with Gasteiger partial charge >= 0.3 is 0 Å². The maximum atomic E-state index is 13.7. The molecule has 1 aromatic carbocycles. The summed E-state index contributed by atoms with van der Waals surface area (Å²) in [5, 5.41) is 0. The van der Waals surface area contributed by atoms with E-state index < -0.39 is 0 Å². The van der Waals surface area contributed by atoms with Gasteiger partial charge in [-0.05, 0) is 50.3 Å². The summed E-state index contributed by atoms with van der Waals surface area (Å²) in [6.07, 6.45) is 4.12. The minimum atomic E-state index is -0.386. The second-order valence-electron chi connectivity index (χ2n) is 7.03. The zero-order chi connectivity index (χ0) is 17.3. The van der Waals surface area contributed by atoms with Gasteiger partial charge in [0.25, 0.3) is 0 Å². The van der Waals surface area contributed by atoms with Crippen LogP contribution in [0.25, 0.3) is 0 Å². The summed E-state index contributed by atoms with van der Waals surface area (Å²) in [4.78, 5) is 28.9. The highest BCUT2D eigenvalue weighted by atomic mass is 19.1. The van der Waals surface area contributed by atoms with E-state index in [-0.39, 0.29) is 35.6 Å². The summed E-state index contributed by atoms with van der Waals surface area (Å²) in [7, 11) is 1.72. The van der Waals surface area contributed by atoms with Crippen molar-refractivity contribution in [2.45, 2.75) is 51.1 Å². The van der Waals surface area contributed by atoms with Gasteiger partial charge in [-0.2, -0.15) is 0 Å². The predicted octanol–water partition coefficient (Wildman–Crippen LogP) is 3.14. The predicted molar refractivity (Wildman–Crippen MR) is 89.7 cm³/mol. The molecule has 2 amide bonds. The summed E-state index contributed by atoms with van der Waals surface area (Å²) in [6.45, 7) is 2.87. The fourth-order valence-electron chi connectivity index (χ4n) is 4.08. The molecule has 0 aromatic heterocycles. The van der Waals surface area contributed by atoms with Crippen LogP contribution in [0.2, 0.25) is 0 Å². The number of halogens is 1. The highest BCUT2D eigenvalue weighted by Gasteiger charge is 2.41. The number of carbonyl (C=O) groups is 2. The molecule has 5 heteroatoms. The van der Waals surface area contributed by atoms with E-state index in [0.717, 1.165) is 25.8 Å². The summed E-state index contributed by atoms with van der Waals surface area (Å²) < 4.78 is 13.7. The van der Waals surface area contributed by atoms with Crippen LogP contribution in [0.3, 0.4) is 0 Å². The average molecular weight is 332 g/mol. The quantitative estimate of drug-likeness (QED) is 0.835. The lowest BCUT2D eigenvalue weighted by molar-refractivity contribution is -0.148. The molecule has 4 nitrogen and oxygen atoms in total. The Morgan fingerprint density at radius 1 is 1.25 bits per heavy atom. The fraction of sp³-hybridized carbons (Fsp3) is 0.579. The highest BCUT2D eigenvalue weighted by molar-refractivity contribution is 5.85. The number of benzene rings is 1. The Kier molecular flexibility index (Phi) is 4.88. The van der Waals surface area contributed by atoms with E-state index in [4.69, 9.17) is 0 Å². The second-order valence-corrected chi connectivity index (χ2v) is 7.03. The molecule has 2 fully saturated rings. The lowest BCUT2D eigenvalue weighted by Crippen LogP contribution is -2.51. The maximum absolute atomic E-state index is 13.7. The number of hydrogen-bond acceptors (Lipinski definition) is 2. The lowest BCUT2D eigenvalue weighted by atomic mass is 9.83. The molecule has 0 aliphatic carbocycles. The third-order valence-electron chi connectivity index (χ3n) is 5.45. The topological polar surface area (TPSA) is 40.6 Å². The first-order valence-electron chi connectivity index (χ1n) is 8.80. The van der Waals surface area contributed by atoms with Crippen molar-refractivity contribution < 1.29 is 14.0 Å². The molecule has 1 aromatic rings. The van der Waals surface area contributed by atoms with Crippen LogP contribution in [0.4, 0.5) is 4.39 Å². The Morgan fingerprint density at radius 2 is 2.04 bits per heavy atom. The number of carbonyl (C=O) groups excluding carboxylic acids is 2. The number of rotatable bonds is 2. The summed E-state index contributed by atoms with van der Waals surface area (Å²) in [5.74, 6) is -0.512. The number of likely N-dealkylation sites (tertiary alicyclic amines) is 2. The van der Waals surface area contributed by atoms with Crippen molar-refractivity contribution in [3.63, 3.8) is 0 Å². The van der Waals surface area contributed by atoms with Crippen LogP contribution >= 0.6 is 0 Å². The van der Waals surface area contributed by atoms with Gasteiger partial charge in [0.05, 0.1) is 12.0 Å². The SMILES string of the molecule is C[C@@H]1CCCCN1C(=O)[C@H]1CCC(=O)N(C)[C@@H]1c1cccc(F)c1. The smallest absolute Gasteiger partial charge is 0.228 e. The summed E-state index contributed by atoms with van der Waals surface area (Å²) >= 11 is 0. The Hall–Kier alpha value is -1.91. The lowest BCUT2D eigenvalue weighted by Gasteiger charge is -2.43. The molecule has 24 heavy (non-hydrogen) atoms. The molecule has 130 valence electrons. The Labute approximate surface area is 142 Å². The van der Waals surface area contributed by atoms with Crippen molar-refractivity contribution in [1.29, 1.82) is 0 Å². The molecule has 2 saturated heterocycles. The molecule has 0 bridgehead atoms. The Morgan fingerprint density at radius 3 is 2.75 bits per heavy atom. The molecule has 3 atom stereocenters. The van der Waals surface area contributed by atoms with Gasteiger partial charge < -0.3 is 9.80 Å². The largest absolute Gasteiger partial charge is 0.340 e. The molecule has 2 aliphatic rings. The van der Waals surface area contributed by atoms with Crippen molar-refractivity contribution in [1.82, 2.24) is 9.80 Å². The van der Waals surface area contributed by atoms with Crippen molar-refractivity contribution in [3.05, 3.63) is 35.6 Å². The Bertz CT molecular complexity index is 634.